The van der Waals surface area contributed by atoms with Crippen LogP contribution in [0.25, 0.3) is 0 Å². The van der Waals surface area contributed by atoms with Gasteiger partial charge in [-0.1, -0.05) is 0 Å². The van der Waals surface area contributed by atoms with E-state index >= 15 is 0 Å². The van der Waals surface area contributed by atoms with E-state index in [0.717, 1.165) is 30.0 Å². The monoisotopic (exact) mass is 344 g/mol. The Bertz CT molecular complexity index is 761. The van der Waals surface area contributed by atoms with Crippen molar-refractivity contribution in [2.45, 2.75) is 45.7 Å². The molecule has 0 saturated carbocycles. The van der Waals surface area contributed by atoms with Crippen molar-refractivity contribution in [1.82, 2.24) is 9.47 Å². The summed E-state index contributed by atoms with van der Waals surface area (Å²) in [6, 6.07) is 5.17. The van der Waals surface area contributed by atoms with Crippen molar-refractivity contribution in [3.63, 3.8) is 0 Å². The second-order valence-electron chi connectivity index (χ2n) is 6.48. The average Bonchev–Trinajstić information content (AvgIpc) is 3.24. The van der Waals surface area contributed by atoms with Gasteiger partial charge in [-0.2, -0.15) is 0 Å². The highest BCUT2D eigenvalue weighted by molar-refractivity contribution is 5.98. The first-order chi connectivity index (χ1) is 12.0. The Hall–Kier alpha value is -2.50. The molecular formula is C19H24N2O4. The lowest BCUT2D eigenvalue weighted by Crippen LogP contribution is -2.48. The molecule has 1 amide bonds. The van der Waals surface area contributed by atoms with E-state index < -0.39 is 6.04 Å². The first kappa shape index (κ1) is 17.3. The van der Waals surface area contributed by atoms with Crippen LogP contribution in [0.4, 0.5) is 0 Å². The summed E-state index contributed by atoms with van der Waals surface area (Å²) >= 11 is 0. The molecule has 1 atom stereocenters. The Morgan fingerprint density at radius 1 is 1.32 bits per heavy atom. The van der Waals surface area contributed by atoms with E-state index in [1.807, 2.05) is 32.0 Å². The van der Waals surface area contributed by atoms with Crippen LogP contribution in [-0.2, 0) is 16.1 Å². The van der Waals surface area contributed by atoms with Crippen LogP contribution in [-0.4, -0.2) is 41.0 Å². The molecule has 1 saturated heterocycles. The van der Waals surface area contributed by atoms with E-state index in [1.54, 1.807) is 11.2 Å². The molecule has 6 heteroatoms. The minimum atomic E-state index is -0.487. The van der Waals surface area contributed by atoms with Crippen LogP contribution in [0.1, 0.15) is 46.8 Å². The summed E-state index contributed by atoms with van der Waals surface area (Å²) in [5.74, 6) is 0.401. The summed E-state index contributed by atoms with van der Waals surface area (Å²) in [5, 5.41) is 0. The van der Waals surface area contributed by atoms with Gasteiger partial charge in [0.05, 0.1) is 25.5 Å². The first-order valence-electron chi connectivity index (χ1n) is 8.61. The number of carbonyl (C=O) groups excluding carboxylic acids is 2. The number of aromatic nitrogens is 1. The van der Waals surface area contributed by atoms with E-state index in [9.17, 15) is 9.59 Å². The average molecular weight is 344 g/mol. The molecule has 2 aromatic rings. The third-order valence-electron chi connectivity index (χ3n) is 4.94. The zero-order chi connectivity index (χ0) is 18.0. The first-order valence-corrected chi connectivity index (χ1v) is 8.61. The van der Waals surface area contributed by atoms with Crippen LogP contribution >= 0.6 is 0 Å². The zero-order valence-corrected chi connectivity index (χ0v) is 14.9. The van der Waals surface area contributed by atoms with Gasteiger partial charge in [0.2, 0.25) is 0 Å². The molecule has 2 aromatic heterocycles. The quantitative estimate of drug-likeness (QED) is 0.800. The van der Waals surface area contributed by atoms with Gasteiger partial charge in [0.15, 0.2) is 0 Å². The number of likely N-dealkylation sites (tertiary alicyclic amines) is 1. The number of hydrogen-bond donors (Lipinski definition) is 0. The smallest absolute Gasteiger partial charge is 0.328 e. The number of methoxy groups -OCH3 is 1. The van der Waals surface area contributed by atoms with Gasteiger partial charge in [-0.3, -0.25) is 4.79 Å². The topological polar surface area (TPSA) is 64.7 Å². The largest absolute Gasteiger partial charge is 0.467 e. The Morgan fingerprint density at radius 3 is 2.80 bits per heavy atom. The number of amides is 1. The molecule has 3 rings (SSSR count). The third-order valence-corrected chi connectivity index (χ3v) is 4.94. The highest BCUT2D eigenvalue weighted by Crippen LogP contribution is 2.24. The molecule has 0 spiro atoms. The standard InChI is InChI=1S/C19H24N2O4/c1-13-11-16(14(2)21(13)12-15-7-6-10-25-15)18(22)20-9-5-4-8-17(20)19(23)24-3/h6-7,10-11,17H,4-5,8-9,12H2,1-3H3. The molecule has 134 valence electrons. The van der Waals surface area contributed by atoms with Gasteiger partial charge in [-0.15, -0.1) is 0 Å². The number of rotatable bonds is 4. The fourth-order valence-electron chi connectivity index (χ4n) is 3.53. The number of hydrogen-bond acceptors (Lipinski definition) is 4. The molecule has 0 radical (unpaired) electrons. The van der Waals surface area contributed by atoms with Crippen LogP contribution in [0, 0.1) is 13.8 Å². The lowest BCUT2D eigenvalue weighted by atomic mass is 10.0. The maximum atomic E-state index is 13.1. The Kier molecular flexibility index (Phi) is 4.97. The van der Waals surface area contributed by atoms with Gasteiger partial charge < -0.3 is 18.6 Å². The minimum Gasteiger partial charge on any atom is -0.467 e. The predicted molar refractivity (Wildman–Crippen MR) is 92.4 cm³/mol. The van der Waals surface area contributed by atoms with Crippen LogP contribution in [0.2, 0.25) is 0 Å². The van der Waals surface area contributed by atoms with Crippen LogP contribution in [0.5, 0.6) is 0 Å². The Labute approximate surface area is 147 Å². The lowest BCUT2D eigenvalue weighted by molar-refractivity contribution is -0.147. The van der Waals surface area contributed by atoms with Crippen molar-refractivity contribution >= 4 is 11.9 Å². The van der Waals surface area contributed by atoms with E-state index in [0.29, 0.717) is 25.1 Å². The molecule has 1 fully saturated rings. The van der Waals surface area contributed by atoms with E-state index in [4.69, 9.17) is 9.15 Å². The second-order valence-corrected chi connectivity index (χ2v) is 6.48. The van der Waals surface area contributed by atoms with Crippen molar-refractivity contribution in [2.24, 2.45) is 0 Å². The van der Waals surface area contributed by atoms with Gasteiger partial charge >= 0.3 is 5.97 Å². The SMILES string of the molecule is COC(=O)C1CCCCN1C(=O)c1cc(C)n(Cc2ccco2)c1C. The summed E-state index contributed by atoms with van der Waals surface area (Å²) in [6.45, 7) is 5.07. The lowest BCUT2D eigenvalue weighted by Gasteiger charge is -2.33. The molecule has 25 heavy (non-hydrogen) atoms. The van der Waals surface area contributed by atoms with Crippen LogP contribution in [0.3, 0.4) is 0 Å². The molecule has 0 bridgehead atoms. The summed E-state index contributed by atoms with van der Waals surface area (Å²) in [4.78, 5) is 26.8. The highest BCUT2D eigenvalue weighted by Gasteiger charge is 2.34. The van der Waals surface area contributed by atoms with Gasteiger partial charge in [-0.05, 0) is 51.3 Å². The molecule has 1 aliphatic heterocycles. The number of nitrogens with zero attached hydrogens (tertiary/aromatic N) is 2. The molecule has 1 unspecified atom stereocenters. The van der Waals surface area contributed by atoms with Gasteiger partial charge in [0, 0.05) is 17.9 Å². The molecular weight excluding hydrogens is 320 g/mol. The predicted octanol–water partition coefficient (Wildman–Crippen LogP) is 2.91. The number of furan rings is 1. The van der Waals surface area contributed by atoms with Crippen molar-refractivity contribution < 1.29 is 18.7 Å². The number of ether oxygens (including phenoxy) is 1. The van der Waals surface area contributed by atoms with Crippen molar-refractivity contribution in [1.29, 1.82) is 0 Å². The highest BCUT2D eigenvalue weighted by atomic mass is 16.5. The second kappa shape index (κ2) is 7.17. The number of piperidine rings is 1. The molecule has 6 nitrogen and oxygen atoms in total. The van der Waals surface area contributed by atoms with Gasteiger partial charge in [-0.25, -0.2) is 4.79 Å². The normalized spacial score (nSPS) is 17.6. The molecule has 3 heterocycles. The van der Waals surface area contributed by atoms with E-state index in [2.05, 4.69) is 4.57 Å². The number of aryl methyl sites for hydroxylation is 1. The Morgan fingerprint density at radius 2 is 2.12 bits per heavy atom. The maximum Gasteiger partial charge on any atom is 0.328 e. The summed E-state index contributed by atoms with van der Waals surface area (Å²) in [7, 11) is 1.37. The third kappa shape index (κ3) is 3.34. The van der Waals surface area contributed by atoms with Crippen molar-refractivity contribution in [3.8, 4) is 0 Å². The number of esters is 1. The Balaban J connectivity index is 1.87. The fourth-order valence-corrected chi connectivity index (χ4v) is 3.53. The maximum absolute atomic E-state index is 13.1. The summed E-state index contributed by atoms with van der Waals surface area (Å²) in [5.41, 5.74) is 2.51. The minimum absolute atomic E-state index is 0.103. The molecule has 0 aliphatic carbocycles. The summed E-state index contributed by atoms with van der Waals surface area (Å²) < 4.78 is 12.4. The molecule has 0 aromatic carbocycles. The van der Waals surface area contributed by atoms with Gasteiger partial charge in [0.1, 0.15) is 11.8 Å². The van der Waals surface area contributed by atoms with Crippen LogP contribution in [0.15, 0.2) is 28.9 Å². The summed E-state index contributed by atoms with van der Waals surface area (Å²) in [6.07, 6.45) is 4.14. The number of carbonyl (C=O) groups is 2. The fraction of sp³-hybridized carbons (Fsp3) is 0.474. The van der Waals surface area contributed by atoms with E-state index in [-0.39, 0.29) is 11.9 Å². The van der Waals surface area contributed by atoms with Crippen molar-refractivity contribution in [3.05, 3.63) is 47.2 Å². The molecule has 0 N–H and O–H groups in total. The van der Waals surface area contributed by atoms with E-state index in [1.165, 1.54) is 7.11 Å². The van der Waals surface area contributed by atoms with Gasteiger partial charge in [0.25, 0.3) is 5.91 Å². The van der Waals surface area contributed by atoms with Crippen molar-refractivity contribution in [2.75, 3.05) is 13.7 Å². The van der Waals surface area contributed by atoms with Crippen LogP contribution < -0.4 is 0 Å². The molecule has 1 aliphatic rings. The zero-order valence-electron chi connectivity index (χ0n) is 14.9.